The second-order valence-corrected chi connectivity index (χ2v) is 8.96. The molecule has 2 aromatic rings. The first-order chi connectivity index (χ1) is 16.6. The molecule has 2 aliphatic rings. The highest BCUT2D eigenvalue weighted by molar-refractivity contribution is 5.67. The molecule has 186 valence electrons. The minimum atomic E-state index is -1.21. The van der Waals surface area contributed by atoms with E-state index < -0.39 is 24.4 Å². The van der Waals surface area contributed by atoms with E-state index in [2.05, 4.69) is 24.3 Å². The summed E-state index contributed by atoms with van der Waals surface area (Å²) < 4.78 is 17.1. The normalized spacial score (nSPS) is 24.8. The van der Waals surface area contributed by atoms with E-state index in [1.165, 1.54) is 0 Å². The van der Waals surface area contributed by atoms with Crippen LogP contribution in [-0.2, 0) is 11.3 Å². The monoisotopic (exact) mass is 473 g/mol. The highest BCUT2D eigenvalue weighted by Crippen LogP contribution is 2.34. The van der Waals surface area contributed by atoms with Gasteiger partial charge in [0.15, 0.2) is 11.5 Å². The fourth-order valence-electron chi connectivity index (χ4n) is 4.54. The average Bonchev–Trinajstić information content (AvgIpc) is 2.87. The van der Waals surface area contributed by atoms with E-state index in [1.54, 1.807) is 0 Å². The van der Waals surface area contributed by atoms with Gasteiger partial charge in [0, 0.05) is 13.2 Å². The molecule has 0 saturated carbocycles. The van der Waals surface area contributed by atoms with Gasteiger partial charge in [0.05, 0.1) is 25.4 Å². The third-order valence-electron chi connectivity index (χ3n) is 6.55. The Balaban J connectivity index is 1.14. The SMILES string of the molecule is OC[C@H]1[C@@H](O)[C@H](O)[C@@H](O)CN1CCCCCOCc1ccc(-c2ccc3c(c2)OCCO3)cc1. The van der Waals surface area contributed by atoms with E-state index in [9.17, 15) is 20.4 Å². The summed E-state index contributed by atoms with van der Waals surface area (Å²) in [5.74, 6) is 1.58. The van der Waals surface area contributed by atoms with Gasteiger partial charge in [-0.1, -0.05) is 30.3 Å². The lowest BCUT2D eigenvalue weighted by Gasteiger charge is -2.43. The summed E-state index contributed by atoms with van der Waals surface area (Å²) in [5, 5.41) is 39.2. The number of hydrogen-bond donors (Lipinski definition) is 4. The van der Waals surface area contributed by atoms with Crippen LogP contribution in [0.5, 0.6) is 11.5 Å². The predicted molar refractivity (Wildman–Crippen MR) is 127 cm³/mol. The molecule has 0 bridgehead atoms. The van der Waals surface area contributed by atoms with Gasteiger partial charge in [-0.2, -0.15) is 0 Å². The van der Waals surface area contributed by atoms with Crippen molar-refractivity contribution in [1.82, 2.24) is 4.90 Å². The summed E-state index contributed by atoms with van der Waals surface area (Å²) >= 11 is 0. The lowest BCUT2D eigenvalue weighted by molar-refractivity contribution is -0.145. The number of rotatable bonds is 10. The zero-order chi connectivity index (χ0) is 23.9. The average molecular weight is 474 g/mol. The summed E-state index contributed by atoms with van der Waals surface area (Å²) in [5.41, 5.74) is 3.31. The van der Waals surface area contributed by atoms with E-state index in [1.807, 2.05) is 23.1 Å². The first-order valence-electron chi connectivity index (χ1n) is 12.0. The molecular weight excluding hydrogens is 438 g/mol. The van der Waals surface area contributed by atoms with Crippen molar-refractivity contribution < 1.29 is 34.6 Å². The largest absolute Gasteiger partial charge is 0.486 e. The van der Waals surface area contributed by atoms with Gasteiger partial charge in [-0.25, -0.2) is 0 Å². The number of nitrogens with zero attached hydrogens (tertiary/aromatic N) is 1. The Morgan fingerprint density at radius 2 is 1.59 bits per heavy atom. The van der Waals surface area contributed by atoms with Gasteiger partial charge in [-0.05, 0) is 54.6 Å². The molecule has 0 spiro atoms. The Kier molecular flexibility index (Phi) is 8.77. The Hall–Kier alpha value is -2.20. The van der Waals surface area contributed by atoms with E-state index in [4.69, 9.17) is 14.2 Å². The number of unbranched alkanes of at least 4 members (excludes halogenated alkanes) is 2. The van der Waals surface area contributed by atoms with Crippen LogP contribution in [0.25, 0.3) is 11.1 Å². The Morgan fingerprint density at radius 3 is 2.35 bits per heavy atom. The van der Waals surface area contributed by atoms with Crippen molar-refractivity contribution in [2.45, 2.75) is 50.2 Å². The fraction of sp³-hybridized carbons (Fsp3) is 0.538. The molecular formula is C26H35NO7. The third-order valence-corrected chi connectivity index (χ3v) is 6.55. The highest BCUT2D eigenvalue weighted by atomic mass is 16.6. The van der Waals surface area contributed by atoms with Crippen molar-refractivity contribution >= 4 is 0 Å². The number of ether oxygens (including phenoxy) is 3. The summed E-state index contributed by atoms with van der Waals surface area (Å²) in [4.78, 5) is 1.85. The molecule has 34 heavy (non-hydrogen) atoms. The summed E-state index contributed by atoms with van der Waals surface area (Å²) in [6.07, 6.45) is -0.648. The quantitative estimate of drug-likeness (QED) is 0.385. The second kappa shape index (κ2) is 12.0. The second-order valence-electron chi connectivity index (χ2n) is 8.96. The molecule has 4 N–H and O–H groups in total. The molecule has 8 heteroatoms. The van der Waals surface area contributed by atoms with E-state index in [-0.39, 0.29) is 13.2 Å². The third kappa shape index (κ3) is 6.07. The number of fused-ring (bicyclic) bond motifs is 1. The lowest BCUT2D eigenvalue weighted by atomic mass is 9.94. The number of aliphatic hydroxyl groups excluding tert-OH is 4. The van der Waals surface area contributed by atoms with Crippen LogP contribution < -0.4 is 9.47 Å². The molecule has 0 radical (unpaired) electrons. The maximum atomic E-state index is 10.0. The van der Waals surface area contributed by atoms with Gasteiger partial charge in [0.1, 0.15) is 25.4 Å². The molecule has 0 unspecified atom stereocenters. The van der Waals surface area contributed by atoms with Crippen LogP contribution in [0.4, 0.5) is 0 Å². The summed E-state index contributed by atoms with van der Waals surface area (Å²) in [7, 11) is 0. The fourth-order valence-corrected chi connectivity index (χ4v) is 4.54. The van der Waals surface area contributed by atoms with Gasteiger partial charge in [-0.15, -0.1) is 0 Å². The zero-order valence-electron chi connectivity index (χ0n) is 19.4. The maximum absolute atomic E-state index is 10.0. The minimum Gasteiger partial charge on any atom is -0.486 e. The molecule has 0 aromatic heterocycles. The molecule has 1 fully saturated rings. The van der Waals surface area contributed by atoms with Crippen LogP contribution >= 0.6 is 0 Å². The molecule has 1 saturated heterocycles. The van der Waals surface area contributed by atoms with Crippen LogP contribution in [-0.4, -0.2) is 89.2 Å². The molecule has 2 aromatic carbocycles. The van der Waals surface area contributed by atoms with Crippen LogP contribution in [0.1, 0.15) is 24.8 Å². The van der Waals surface area contributed by atoms with Gasteiger partial charge >= 0.3 is 0 Å². The van der Waals surface area contributed by atoms with E-state index >= 15 is 0 Å². The van der Waals surface area contributed by atoms with Crippen LogP contribution in [0.3, 0.4) is 0 Å². The standard InChI is InChI=1S/C26H35NO7/c28-16-21-25(30)26(31)22(29)15-27(21)10-2-1-3-11-32-17-18-4-6-19(7-5-18)20-8-9-23-24(14-20)34-13-12-33-23/h4-9,14,21-22,25-26,28-31H,1-3,10-13,15-17H2/t21-,22-,25+,26+/m0/s1. The van der Waals surface area contributed by atoms with Crippen molar-refractivity contribution in [1.29, 1.82) is 0 Å². The van der Waals surface area contributed by atoms with Gasteiger partial charge in [-0.3, -0.25) is 4.90 Å². The van der Waals surface area contributed by atoms with Crippen LogP contribution in [0.15, 0.2) is 42.5 Å². The Labute approximate surface area is 200 Å². The zero-order valence-corrected chi connectivity index (χ0v) is 19.4. The number of benzene rings is 2. The van der Waals surface area contributed by atoms with Crippen LogP contribution in [0.2, 0.25) is 0 Å². The van der Waals surface area contributed by atoms with E-state index in [0.717, 1.165) is 47.5 Å². The van der Waals surface area contributed by atoms with E-state index in [0.29, 0.717) is 33.0 Å². The molecule has 4 atom stereocenters. The highest BCUT2D eigenvalue weighted by Gasteiger charge is 2.40. The van der Waals surface area contributed by atoms with Gasteiger partial charge in [0.2, 0.25) is 0 Å². The molecule has 0 amide bonds. The lowest BCUT2D eigenvalue weighted by Crippen LogP contribution is -2.62. The number of likely N-dealkylation sites (tertiary alicyclic amines) is 1. The summed E-state index contributed by atoms with van der Waals surface area (Å²) in [6, 6.07) is 13.8. The molecule has 4 rings (SSSR count). The van der Waals surface area contributed by atoms with Crippen molar-refractivity contribution in [3.8, 4) is 22.6 Å². The number of aliphatic hydroxyl groups is 4. The van der Waals surface area contributed by atoms with Crippen molar-refractivity contribution in [3.05, 3.63) is 48.0 Å². The van der Waals surface area contributed by atoms with Crippen molar-refractivity contribution in [2.75, 3.05) is 39.5 Å². The van der Waals surface area contributed by atoms with Gasteiger partial charge in [0.25, 0.3) is 0 Å². The topological polar surface area (TPSA) is 112 Å². The van der Waals surface area contributed by atoms with Crippen molar-refractivity contribution in [3.63, 3.8) is 0 Å². The maximum Gasteiger partial charge on any atom is 0.161 e. The van der Waals surface area contributed by atoms with Crippen molar-refractivity contribution in [2.24, 2.45) is 0 Å². The molecule has 8 nitrogen and oxygen atoms in total. The predicted octanol–water partition coefficient (Wildman–Crippen LogP) is 1.57. The first-order valence-corrected chi connectivity index (χ1v) is 12.0. The number of β-amino-alcohol motifs (C(OH)–C–C–N with tert-alkyl or cyclic N) is 1. The smallest absolute Gasteiger partial charge is 0.161 e. The minimum absolute atomic E-state index is 0.248. The molecule has 2 heterocycles. The Morgan fingerprint density at radius 1 is 0.853 bits per heavy atom. The molecule has 2 aliphatic heterocycles. The van der Waals surface area contributed by atoms with Gasteiger partial charge < -0.3 is 34.6 Å². The summed E-state index contributed by atoms with van der Waals surface area (Å²) in [6.45, 7) is 3.01. The number of hydrogen-bond acceptors (Lipinski definition) is 8. The van der Waals surface area contributed by atoms with Crippen LogP contribution in [0, 0.1) is 0 Å². The molecule has 0 aliphatic carbocycles. The first kappa shape index (κ1) is 24.9. The number of piperidine rings is 1. The Bertz CT molecular complexity index is 907.